The van der Waals surface area contributed by atoms with Crippen molar-refractivity contribution in [2.75, 3.05) is 13.2 Å². The minimum Gasteiger partial charge on any atom is -0.507 e. The van der Waals surface area contributed by atoms with E-state index in [1.807, 2.05) is 54.1 Å². The van der Waals surface area contributed by atoms with E-state index >= 15 is 0 Å². The zero-order valence-corrected chi connectivity index (χ0v) is 22.5. The molecule has 1 saturated heterocycles. The van der Waals surface area contributed by atoms with E-state index in [2.05, 4.69) is 11.9 Å². The van der Waals surface area contributed by atoms with Crippen LogP contribution in [0.5, 0.6) is 11.5 Å². The Balaban J connectivity index is 1.49. The number of likely N-dealkylation sites (tertiary alicyclic amines) is 1. The molecule has 3 aromatic rings. The lowest BCUT2D eigenvalue weighted by Crippen LogP contribution is -2.31. The van der Waals surface area contributed by atoms with Crippen LogP contribution in [0.2, 0.25) is 0 Å². The van der Waals surface area contributed by atoms with Crippen LogP contribution in [-0.2, 0) is 22.6 Å². The molecule has 0 saturated carbocycles. The first-order valence-electron chi connectivity index (χ1n) is 13.7. The van der Waals surface area contributed by atoms with E-state index in [1.54, 1.807) is 23.5 Å². The fourth-order valence-corrected chi connectivity index (χ4v) is 5.34. The summed E-state index contributed by atoms with van der Waals surface area (Å²) in [5.74, 6) is -0.00842. The Morgan fingerprint density at radius 2 is 2.00 bits per heavy atom. The van der Waals surface area contributed by atoms with Gasteiger partial charge in [0, 0.05) is 37.5 Å². The normalized spacial score (nSPS) is 19.8. The number of ketones is 1. The molecule has 39 heavy (non-hydrogen) atoms. The van der Waals surface area contributed by atoms with E-state index in [0.717, 1.165) is 42.6 Å². The lowest BCUT2D eigenvalue weighted by Gasteiger charge is -2.26. The van der Waals surface area contributed by atoms with Gasteiger partial charge in [0.05, 0.1) is 24.5 Å². The maximum absolute atomic E-state index is 13.4. The number of benzene rings is 2. The Bertz CT molecular complexity index is 1360. The second-order valence-electron chi connectivity index (χ2n) is 10.2. The summed E-state index contributed by atoms with van der Waals surface area (Å²) in [6.45, 7) is 5.73. The number of ether oxygens (including phenoxy) is 2. The minimum absolute atomic E-state index is 0.0542. The van der Waals surface area contributed by atoms with E-state index in [0.29, 0.717) is 37.4 Å². The van der Waals surface area contributed by atoms with Crippen molar-refractivity contribution in [2.24, 2.45) is 0 Å². The van der Waals surface area contributed by atoms with Gasteiger partial charge in [-0.2, -0.15) is 0 Å². The predicted octanol–water partition coefficient (Wildman–Crippen LogP) is 5.29. The third kappa shape index (κ3) is 5.70. The van der Waals surface area contributed by atoms with Gasteiger partial charge in [0.1, 0.15) is 23.4 Å². The number of carbonyl (C=O) groups excluding carboxylic acids is 2. The molecular formula is C31H35N3O5. The number of fused-ring (bicyclic) bond motifs is 1. The fraction of sp³-hybridized carbons (Fsp3) is 0.387. The topological polar surface area (TPSA) is 93.9 Å². The molecule has 0 bridgehead atoms. The van der Waals surface area contributed by atoms with Gasteiger partial charge in [-0.05, 0) is 61.2 Å². The zero-order chi connectivity index (χ0) is 27.4. The number of rotatable bonds is 11. The number of aryl methyl sites for hydroxylation is 1. The largest absolute Gasteiger partial charge is 0.507 e. The number of unbranched alkanes of at least 4 members (excludes halogenated alkanes) is 2. The molecule has 1 aromatic heterocycles. The number of carbonyl (C=O) groups is 2. The molecule has 0 spiro atoms. The van der Waals surface area contributed by atoms with Crippen molar-refractivity contribution >= 4 is 17.4 Å². The van der Waals surface area contributed by atoms with Gasteiger partial charge in [-0.3, -0.25) is 9.59 Å². The summed E-state index contributed by atoms with van der Waals surface area (Å²) in [5.41, 5.74) is 2.29. The van der Waals surface area contributed by atoms with Crippen molar-refractivity contribution in [1.29, 1.82) is 0 Å². The van der Waals surface area contributed by atoms with Crippen LogP contribution in [0.4, 0.5) is 0 Å². The van der Waals surface area contributed by atoms with Gasteiger partial charge in [0.15, 0.2) is 0 Å². The lowest BCUT2D eigenvalue weighted by molar-refractivity contribution is -0.139. The van der Waals surface area contributed by atoms with Crippen LogP contribution in [0.1, 0.15) is 62.3 Å². The summed E-state index contributed by atoms with van der Waals surface area (Å²) in [5, 5.41) is 11.5. The summed E-state index contributed by atoms with van der Waals surface area (Å²) >= 11 is 0. The average Bonchev–Trinajstić information content (AvgIpc) is 3.65. The Hall–Kier alpha value is -4.07. The van der Waals surface area contributed by atoms with E-state index in [9.17, 15) is 14.7 Å². The Kier molecular flexibility index (Phi) is 8.00. The van der Waals surface area contributed by atoms with Gasteiger partial charge in [0.2, 0.25) is 0 Å². The number of Topliss-reactive ketones (excluding diaryl/α,β-unsaturated/α-hetero) is 1. The Morgan fingerprint density at radius 1 is 1.13 bits per heavy atom. The van der Waals surface area contributed by atoms with Crippen LogP contribution >= 0.6 is 0 Å². The Labute approximate surface area is 228 Å². The smallest absolute Gasteiger partial charge is 0.295 e. The van der Waals surface area contributed by atoms with Crippen molar-refractivity contribution in [3.63, 3.8) is 0 Å². The first-order chi connectivity index (χ1) is 19.0. The number of nitrogens with zero attached hydrogens (tertiary/aromatic N) is 3. The maximum Gasteiger partial charge on any atom is 0.295 e. The van der Waals surface area contributed by atoms with E-state index in [-0.39, 0.29) is 17.4 Å². The van der Waals surface area contributed by atoms with Crippen molar-refractivity contribution in [3.05, 3.63) is 83.4 Å². The van der Waals surface area contributed by atoms with Gasteiger partial charge in [-0.25, -0.2) is 4.98 Å². The molecule has 2 aliphatic heterocycles. The number of aliphatic hydroxyl groups is 1. The zero-order valence-electron chi connectivity index (χ0n) is 22.5. The second kappa shape index (κ2) is 11.8. The number of hydrogen-bond donors (Lipinski definition) is 1. The third-order valence-electron chi connectivity index (χ3n) is 7.27. The molecule has 1 fully saturated rings. The number of amides is 1. The summed E-state index contributed by atoms with van der Waals surface area (Å²) in [7, 11) is 0. The molecule has 204 valence electrons. The molecule has 8 nitrogen and oxygen atoms in total. The summed E-state index contributed by atoms with van der Waals surface area (Å²) < 4.78 is 13.7. The van der Waals surface area contributed by atoms with Crippen molar-refractivity contribution in [3.8, 4) is 11.5 Å². The number of hydrogen-bond acceptors (Lipinski definition) is 6. The van der Waals surface area contributed by atoms with E-state index in [1.165, 1.54) is 0 Å². The highest BCUT2D eigenvalue weighted by atomic mass is 16.5. The standard InChI is InChI=1S/C31H35N3O5/c1-3-4-5-16-38-25-9-6-8-22(19-25)28-27(29(35)23-10-11-26-24(18-23)17-21(2)39-26)30(36)31(37)34(28)14-7-13-33-15-12-32-20-33/h6,8-12,15,18-21,28,35H,3-5,7,13-14,16-17H2,1-2H3/t21-,28-/m0/s1. The fourth-order valence-electron chi connectivity index (χ4n) is 5.34. The summed E-state index contributed by atoms with van der Waals surface area (Å²) in [6.07, 6.45) is 9.84. The highest BCUT2D eigenvalue weighted by molar-refractivity contribution is 6.46. The lowest BCUT2D eigenvalue weighted by atomic mass is 9.94. The molecule has 0 unspecified atom stereocenters. The van der Waals surface area contributed by atoms with Gasteiger partial charge in [-0.15, -0.1) is 0 Å². The molecular weight excluding hydrogens is 494 g/mol. The Morgan fingerprint density at radius 3 is 2.79 bits per heavy atom. The minimum atomic E-state index is -0.726. The monoisotopic (exact) mass is 529 g/mol. The average molecular weight is 530 g/mol. The first kappa shape index (κ1) is 26.5. The summed E-state index contributed by atoms with van der Waals surface area (Å²) in [4.78, 5) is 32.4. The molecule has 5 rings (SSSR count). The van der Waals surface area contributed by atoms with E-state index in [4.69, 9.17) is 9.47 Å². The van der Waals surface area contributed by atoms with E-state index < -0.39 is 17.7 Å². The number of aliphatic hydroxyl groups excluding tert-OH is 1. The van der Waals surface area contributed by atoms with Gasteiger partial charge >= 0.3 is 0 Å². The molecule has 2 aromatic carbocycles. The molecule has 3 heterocycles. The second-order valence-corrected chi connectivity index (χ2v) is 10.2. The van der Waals surface area contributed by atoms with Crippen LogP contribution in [0.15, 0.2) is 66.8 Å². The van der Waals surface area contributed by atoms with Crippen molar-refractivity contribution in [2.45, 2.75) is 64.6 Å². The van der Waals surface area contributed by atoms with Crippen LogP contribution in [0, 0.1) is 0 Å². The molecule has 0 radical (unpaired) electrons. The van der Waals surface area contributed by atoms with Crippen LogP contribution in [0.3, 0.4) is 0 Å². The quantitative estimate of drug-likeness (QED) is 0.157. The van der Waals surface area contributed by atoms with Crippen molar-refractivity contribution in [1.82, 2.24) is 14.5 Å². The highest BCUT2D eigenvalue weighted by Crippen LogP contribution is 2.41. The number of aromatic nitrogens is 2. The molecule has 0 aliphatic carbocycles. The van der Waals surface area contributed by atoms with Crippen LogP contribution < -0.4 is 9.47 Å². The maximum atomic E-state index is 13.4. The SMILES string of the molecule is CCCCCOc1cccc([C@H]2C(=C(O)c3ccc4c(c3)C[C@H](C)O4)C(=O)C(=O)N2CCCn2ccnc2)c1. The van der Waals surface area contributed by atoms with Crippen LogP contribution in [0.25, 0.3) is 5.76 Å². The molecule has 1 amide bonds. The first-order valence-corrected chi connectivity index (χ1v) is 13.7. The predicted molar refractivity (Wildman–Crippen MR) is 148 cm³/mol. The molecule has 2 atom stereocenters. The van der Waals surface area contributed by atoms with Gasteiger partial charge in [-0.1, -0.05) is 31.9 Å². The van der Waals surface area contributed by atoms with Gasteiger partial charge in [0.25, 0.3) is 11.7 Å². The number of imidazole rings is 1. The highest BCUT2D eigenvalue weighted by Gasteiger charge is 2.46. The molecule has 8 heteroatoms. The third-order valence-corrected chi connectivity index (χ3v) is 7.27. The molecule has 1 N–H and O–H groups in total. The van der Waals surface area contributed by atoms with Gasteiger partial charge < -0.3 is 24.0 Å². The van der Waals surface area contributed by atoms with Crippen molar-refractivity contribution < 1.29 is 24.2 Å². The molecule has 2 aliphatic rings. The van der Waals surface area contributed by atoms with Crippen LogP contribution in [-0.4, -0.2) is 50.5 Å². The summed E-state index contributed by atoms with van der Waals surface area (Å²) in [6, 6.07) is 12.2.